The molecule has 1 fully saturated rings. The van der Waals surface area contributed by atoms with E-state index in [1.165, 1.54) is 5.56 Å². The number of β-amino-alcohol motifs (C(OH)–C–C–N with tert-alkyl or cyclic N) is 1. The van der Waals surface area contributed by atoms with Gasteiger partial charge in [-0.15, -0.1) is 11.3 Å². The van der Waals surface area contributed by atoms with Crippen LogP contribution in [-0.4, -0.2) is 82.4 Å². The fraction of sp³-hybridized carbons (Fsp3) is 0.455. The third kappa shape index (κ3) is 5.96. The molecule has 0 radical (unpaired) electrons. The molecular formula is C22H29N5O2S. The van der Waals surface area contributed by atoms with Crippen molar-refractivity contribution in [1.82, 2.24) is 24.8 Å². The molecule has 160 valence electrons. The van der Waals surface area contributed by atoms with Gasteiger partial charge in [0.2, 0.25) is 11.7 Å². The van der Waals surface area contributed by atoms with Crippen LogP contribution in [-0.2, 0) is 13.1 Å². The van der Waals surface area contributed by atoms with Gasteiger partial charge in [-0.1, -0.05) is 41.6 Å². The summed E-state index contributed by atoms with van der Waals surface area (Å²) >= 11 is 1.61. The van der Waals surface area contributed by atoms with Crippen molar-refractivity contribution in [3.05, 3.63) is 59.3 Å². The summed E-state index contributed by atoms with van der Waals surface area (Å²) in [6.07, 6.45) is -0.352. The quantitative estimate of drug-likeness (QED) is 0.562. The van der Waals surface area contributed by atoms with Gasteiger partial charge >= 0.3 is 0 Å². The molecule has 0 amide bonds. The number of aromatic nitrogens is 2. The van der Waals surface area contributed by atoms with Crippen LogP contribution >= 0.6 is 11.3 Å². The van der Waals surface area contributed by atoms with Crippen molar-refractivity contribution >= 4 is 11.3 Å². The molecule has 0 bridgehead atoms. The fourth-order valence-corrected chi connectivity index (χ4v) is 4.47. The molecule has 30 heavy (non-hydrogen) atoms. The van der Waals surface area contributed by atoms with Crippen LogP contribution in [0, 0.1) is 0 Å². The van der Waals surface area contributed by atoms with Crippen LogP contribution < -0.4 is 0 Å². The first-order valence-electron chi connectivity index (χ1n) is 10.4. The van der Waals surface area contributed by atoms with Gasteiger partial charge in [0.1, 0.15) is 0 Å². The van der Waals surface area contributed by atoms with Crippen LogP contribution in [0.3, 0.4) is 0 Å². The van der Waals surface area contributed by atoms with Crippen LogP contribution in [0.5, 0.6) is 0 Å². The van der Waals surface area contributed by atoms with Crippen LogP contribution in [0.25, 0.3) is 10.7 Å². The summed E-state index contributed by atoms with van der Waals surface area (Å²) in [5.74, 6) is 1.33. The Balaban J connectivity index is 1.17. The standard InChI is InChI=1S/C22H29N5O2S/c1-25(14-18-6-3-2-4-7-18)15-19(28)16-26-9-11-27(12-10-26)17-21-23-22(24-29-21)20-8-5-13-30-20/h2-8,13,19,28H,9-12,14-17H2,1H3. The van der Waals surface area contributed by atoms with E-state index in [9.17, 15) is 5.11 Å². The number of aliphatic hydroxyl groups is 1. The molecule has 4 rings (SSSR count). The zero-order valence-corrected chi connectivity index (χ0v) is 18.2. The Bertz CT molecular complexity index is 878. The van der Waals surface area contributed by atoms with Crippen molar-refractivity contribution < 1.29 is 9.63 Å². The lowest BCUT2D eigenvalue weighted by Gasteiger charge is -2.35. The van der Waals surface area contributed by atoms with Crippen molar-refractivity contribution in [2.75, 3.05) is 46.3 Å². The van der Waals surface area contributed by atoms with Crippen LogP contribution in [0.15, 0.2) is 52.4 Å². The molecule has 1 aliphatic heterocycles. The lowest BCUT2D eigenvalue weighted by molar-refractivity contribution is 0.0501. The highest BCUT2D eigenvalue weighted by molar-refractivity contribution is 7.13. The molecule has 1 aliphatic rings. The summed E-state index contributed by atoms with van der Waals surface area (Å²) in [7, 11) is 2.06. The first-order valence-corrected chi connectivity index (χ1v) is 11.3. The zero-order valence-electron chi connectivity index (χ0n) is 17.4. The van der Waals surface area contributed by atoms with Gasteiger partial charge in [-0.3, -0.25) is 14.7 Å². The average Bonchev–Trinajstić information content (AvgIpc) is 3.42. The summed E-state index contributed by atoms with van der Waals surface area (Å²) in [6.45, 7) is 6.64. The van der Waals surface area contributed by atoms with E-state index < -0.39 is 0 Å². The summed E-state index contributed by atoms with van der Waals surface area (Å²) in [6, 6.07) is 14.4. The van der Waals surface area contributed by atoms with E-state index >= 15 is 0 Å². The summed E-state index contributed by atoms with van der Waals surface area (Å²) < 4.78 is 5.42. The Labute approximate surface area is 181 Å². The van der Waals surface area contributed by atoms with Crippen molar-refractivity contribution in [2.45, 2.75) is 19.2 Å². The van der Waals surface area contributed by atoms with Gasteiger partial charge in [-0.2, -0.15) is 4.98 Å². The molecule has 3 aromatic rings. The van der Waals surface area contributed by atoms with Crippen molar-refractivity contribution in [1.29, 1.82) is 0 Å². The van der Waals surface area contributed by atoms with Crippen molar-refractivity contribution in [2.24, 2.45) is 0 Å². The maximum absolute atomic E-state index is 10.5. The fourth-order valence-electron chi connectivity index (χ4n) is 3.82. The highest BCUT2D eigenvalue weighted by Gasteiger charge is 2.22. The zero-order chi connectivity index (χ0) is 20.8. The highest BCUT2D eigenvalue weighted by Crippen LogP contribution is 2.21. The largest absolute Gasteiger partial charge is 0.390 e. The number of hydrogen-bond donors (Lipinski definition) is 1. The first-order chi connectivity index (χ1) is 14.7. The number of piperazine rings is 1. The topological polar surface area (TPSA) is 68.9 Å². The molecule has 1 unspecified atom stereocenters. The second kappa shape index (κ2) is 10.3. The van der Waals surface area contributed by atoms with Crippen LogP contribution in [0.1, 0.15) is 11.5 Å². The molecule has 1 atom stereocenters. The third-order valence-electron chi connectivity index (χ3n) is 5.32. The third-order valence-corrected chi connectivity index (χ3v) is 6.19. The van der Waals surface area contributed by atoms with E-state index in [-0.39, 0.29) is 6.10 Å². The Morgan fingerprint density at radius 2 is 1.87 bits per heavy atom. The molecule has 2 aromatic heterocycles. The van der Waals surface area contributed by atoms with Crippen molar-refractivity contribution in [3.63, 3.8) is 0 Å². The minimum absolute atomic E-state index is 0.352. The SMILES string of the molecule is CN(Cc1ccccc1)CC(O)CN1CCN(Cc2nc(-c3cccs3)no2)CC1. The molecule has 1 N–H and O–H groups in total. The molecular weight excluding hydrogens is 398 g/mol. The molecule has 8 heteroatoms. The summed E-state index contributed by atoms with van der Waals surface area (Å²) in [5.41, 5.74) is 1.27. The van der Waals surface area contributed by atoms with Gasteiger partial charge in [-0.25, -0.2) is 0 Å². The van der Waals surface area contributed by atoms with Gasteiger partial charge in [-0.05, 0) is 24.1 Å². The van der Waals surface area contributed by atoms with Crippen LogP contribution in [0.2, 0.25) is 0 Å². The second-order valence-electron chi connectivity index (χ2n) is 7.90. The Morgan fingerprint density at radius 3 is 2.60 bits per heavy atom. The Morgan fingerprint density at radius 1 is 1.10 bits per heavy atom. The molecule has 0 spiro atoms. The molecule has 1 aromatic carbocycles. The number of hydrogen-bond acceptors (Lipinski definition) is 8. The van der Waals surface area contributed by atoms with Gasteiger partial charge in [0.05, 0.1) is 17.5 Å². The van der Waals surface area contributed by atoms with Gasteiger partial charge < -0.3 is 9.63 Å². The number of aliphatic hydroxyl groups excluding tert-OH is 1. The van der Waals surface area contributed by atoms with E-state index in [1.54, 1.807) is 11.3 Å². The van der Waals surface area contributed by atoms with E-state index in [2.05, 4.69) is 56.2 Å². The van der Waals surface area contributed by atoms with Gasteiger partial charge in [0, 0.05) is 45.8 Å². The molecule has 7 nitrogen and oxygen atoms in total. The summed E-state index contributed by atoms with van der Waals surface area (Å²) in [4.78, 5) is 12.4. The number of nitrogens with zero attached hydrogens (tertiary/aromatic N) is 5. The number of benzene rings is 1. The molecule has 0 aliphatic carbocycles. The minimum Gasteiger partial charge on any atom is -0.390 e. The smallest absolute Gasteiger partial charge is 0.241 e. The normalized spacial score (nSPS) is 16.9. The first kappa shape index (κ1) is 21.1. The van der Waals surface area contributed by atoms with E-state index in [4.69, 9.17) is 4.52 Å². The monoisotopic (exact) mass is 427 g/mol. The lowest BCUT2D eigenvalue weighted by atomic mass is 10.2. The van der Waals surface area contributed by atoms with Gasteiger partial charge in [0.25, 0.3) is 0 Å². The predicted molar refractivity (Wildman–Crippen MR) is 118 cm³/mol. The molecule has 1 saturated heterocycles. The van der Waals surface area contributed by atoms with Gasteiger partial charge in [0.15, 0.2) is 0 Å². The highest BCUT2D eigenvalue weighted by atomic mass is 32.1. The average molecular weight is 428 g/mol. The number of likely N-dealkylation sites (N-methyl/N-ethyl adjacent to an activating group) is 1. The predicted octanol–water partition coefficient (Wildman–Crippen LogP) is 2.41. The van der Waals surface area contributed by atoms with Crippen molar-refractivity contribution in [3.8, 4) is 10.7 Å². The molecule has 3 heterocycles. The van der Waals surface area contributed by atoms with E-state index in [0.29, 0.717) is 31.3 Å². The summed E-state index contributed by atoms with van der Waals surface area (Å²) in [5, 5.41) is 16.6. The van der Waals surface area contributed by atoms with E-state index in [1.807, 2.05) is 23.6 Å². The maximum Gasteiger partial charge on any atom is 0.241 e. The second-order valence-corrected chi connectivity index (χ2v) is 8.85. The molecule has 0 saturated carbocycles. The van der Waals surface area contributed by atoms with Crippen LogP contribution in [0.4, 0.5) is 0 Å². The number of thiophene rings is 1. The Kier molecular flexibility index (Phi) is 7.24. The Hall–Kier alpha value is -2.10. The lowest BCUT2D eigenvalue weighted by Crippen LogP contribution is -2.49. The number of rotatable bonds is 9. The maximum atomic E-state index is 10.5. The minimum atomic E-state index is -0.352. The van der Waals surface area contributed by atoms with E-state index in [0.717, 1.165) is 37.6 Å².